The van der Waals surface area contributed by atoms with Crippen LogP contribution in [0, 0.1) is 6.92 Å². The van der Waals surface area contributed by atoms with Crippen LogP contribution in [0.4, 0.5) is 11.5 Å². The first-order valence-electron chi connectivity index (χ1n) is 7.18. The van der Waals surface area contributed by atoms with Gasteiger partial charge in [0.2, 0.25) is 0 Å². The molecule has 0 radical (unpaired) electrons. The number of hydrogen-bond acceptors (Lipinski definition) is 6. The predicted octanol–water partition coefficient (Wildman–Crippen LogP) is 2.72. The van der Waals surface area contributed by atoms with Gasteiger partial charge in [0.25, 0.3) is 11.5 Å². The minimum atomic E-state index is -0.402. The Labute approximate surface area is 142 Å². The number of nitrogens with one attached hydrogen (secondary N) is 2. The number of carbonyl (C=O) groups is 1. The number of rotatable bonds is 4. The van der Waals surface area contributed by atoms with E-state index in [2.05, 4.69) is 15.3 Å². The van der Waals surface area contributed by atoms with Gasteiger partial charge in [0.15, 0.2) is 11.5 Å². The molecular weight excluding hydrogens is 328 g/mol. The van der Waals surface area contributed by atoms with E-state index in [1.54, 1.807) is 25.1 Å². The van der Waals surface area contributed by atoms with Crippen molar-refractivity contribution < 1.29 is 9.21 Å². The first-order chi connectivity index (χ1) is 11.5. The summed E-state index contributed by atoms with van der Waals surface area (Å²) in [6, 6.07) is 7.25. The van der Waals surface area contributed by atoms with Crippen molar-refractivity contribution in [2.24, 2.45) is 0 Å². The summed E-state index contributed by atoms with van der Waals surface area (Å²) in [5.41, 5.74) is -0.281. The second-order valence-electron chi connectivity index (χ2n) is 5.35. The quantitative estimate of drug-likeness (QED) is 0.759. The highest BCUT2D eigenvalue weighted by atomic mass is 32.1. The Balaban J connectivity index is 1.87. The lowest BCUT2D eigenvalue weighted by atomic mass is 10.3. The van der Waals surface area contributed by atoms with Gasteiger partial charge in [-0.1, -0.05) is 0 Å². The number of amides is 1. The SMILES string of the molecule is Cc1ccc(-c2ccc(C(=O)Nc3c(N(C)C)nc[nH]c3=O)s2)o1. The van der Waals surface area contributed by atoms with Crippen molar-refractivity contribution in [1.82, 2.24) is 9.97 Å². The van der Waals surface area contributed by atoms with E-state index in [4.69, 9.17) is 4.42 Å². The monoisotopic (exact) mass is 344 g/mol. The number of furan rings is 1. The molecule has 1 amide bonds. The summed E-state index contributed by atoms with van der Waals surface area (Å²) in [7, 11) is 3.50. The molecule has 0 aliphatic heterocycles. The van der Waals surface area contributed by atoms with E-state index in [9.17, 15) is 9.59 Å². The van der Waals surface area contributed by atoms with Gasteiger partial charge in [-0.2, -0.15) is 0 Å². The Kier molecular flexibility index (Phi) is 4.22. The topological polar surface area (TPSA) is 91.2 Å². The molecule has 3 aromatic rings. The average Bonchev–Trinajstić information content (AvgIpc) is 3.17. The first kappa shape index (κ1) is 16.0. The molecule has 3 rings (SSSR count). The first-order valence-corrected chi connectivity index (χ1v) is 8.00. The molecule has 2 N–H and O–H groups in total. The second kappa shape index (κ2) is 6.32. The van der Waals surface area contributed by atoms with Crippen LogP contribution >= 0.6 is 11.3 Å². The van der Waals surface area contributed by atoms with Crippen molar-refractivity contribution in [3.05, 3.63) is 51.6 Å². The van der Waals surface area contributed by atoms with Gasteiger partial charge in [0, 0.05) is 14.1 Å². The fourth-order valence-electron chi connectivity index (χ4n) is 2.18. The minimum absolute atomic E-state index is 0.122. The van der Waals surface area contributed by atoms with Crippen molar-refractivity contribution in [2.45, 2.75) is 6.92 Å². The normalized spacial score (nSPS) is 10.6. The van der Waals surface area contributed by atoms with Gasteiger partial charge in [-0.3, -0.25) is 9.59 Å². The van der Waals surface area contributed by atoms with Crippen molar-refractivity contribution >= 4 is 28.7 Å². The maximum atomic E-state index is 12.5. The van der Waals surface area contributed by atoms with Gasteiger partial charge < -0.3 is 19.6 Å². The summed E-state index contributed by atoms with van der Waals surface area (Å²) in [4.78, 5) is 34.0. The molecular formula is C16H16N4O3S. The molecule has 0 saturated carbocycles. The molecule has 0 aliphatic carbocycles. The third-order valence-electron chi connectivity index (χ3n) is 3.31. The molecule has 7 nitrogen and oxygen atoms in total. The van der Waals surface area contributed by atoms with Gasteiger partial charge in [0.05, 0.1) is 16.1 Å². The summed E-state index contributed by atoms with van der Waals surface area (Å²) in [5.74, 6) is 1.55. The van der Waals surface area contributed by atoms with Crippen LogP contribution in [0.2, 0.25) is 0 Å². The van der Waals surface area contributed by atoms with Crippen molar-refractivity contribution in [2.75, 3.05) is 24.3 Å². The van der Waals surface area contributed by atoms with Crippen LogP contribution in [0.3, 0.4) is 0 Å². The van der Waals surface area contributed by atoms with Crippen molar-refractivity contribution in [3.8, 4) is 10.6 Å². The van der Waals surface area contributed by atoms with Crippen LogP contribution < -0.4 is 15.8 Å². The van der Waals surface area contributed by atoms with Crippen LogP contribution in [-0.4, -0.2) is 30.0 Å². The number of aryl methyl sites for hydroxylation is 1. The van der Waals surface area contributed by atoms with Gasteiger partial charge in [-0.25, -0.2) is 4.98 Å². The molecule has 24 heavy (non-hydrogen) atoms. The highest BCUT2D eigenvalue weighted by molar-refractivity contribution is 7.17. The molecule has 0 spiro atoms. The maximum Gasteiger partial charge on any atom is 0.276 e. The van der Waals surface area contributed by atoms with Crippen molar-refractivity contribution in [3.63, 3.8) is 0 Å². The van der Waals surface area contributed by atoms with E-state index in [0.29, 0.717) is 16.5 Å². The number of thiophene rings is 1. The Morgan fingerprint density at radius 2 is 2.08 bits per heavy atom. The van der Waals surface area contributed by atoms with Crippen LogP contribution in [0.1, 0.15) is 15.4 Å². The molecule has 0 atom stereocenters. The standard InChI is InChI=1S/C16H16N4O3S/c1-9-4-5-10(23-9)11-6-7-12(24-11)15(21)19-13-14(20(2)3)17-8-18-16(13)22/h4-8H,1-3H3,(H,19,21)(H,17,18,22). The highest BCUT2D eigenvalue weighted by Gasteiger charge is 2.17. The largest absolute Gasteiger partial charge is 0.461 e. The number of nitrogens with zero attached hydrogens (tertiary/aromatic N) is 2. The molecule has 0 bridgehead atoms. The van der Waals surface area contributed by atoms with Crippen molar-refractivity contribution in [1.29, 1.82) is 0 Å². The Morgan fingerprint density at radius 3 is 2.75 bits per heavy atom. The highest BCUT2D eigenvalue weighted by Crippen LogP contribution is 2.30. The third kappa shape index (κ3) is 3.09. The van der Waals surface area contributed by atoms with Gasteiger partial charge in [-0.15, -0.1) is 11.3 Å². The molecule has 3 aromatic heterocycles. The fourth-order valence-corrected chi connectivity index (χ4v) is 3.04. The lowest BCUT2D eigenvalue weighted by Gasteiger charge is -2.14. The molecule has 0 saturated heterocycles. The minimum Gasteiger partial charge on any atom is -0.461 e. The van der Waals surface area contributed by atoms with Crippen LogP contribution in [-0.2, 0) is 0 Å². The van der Waals surface area contributed by atoms with E-state index >= 15 is 0 Å². The molecule has 0 aromatic carbocycles. The molecule has 0 unspecified atom stereocenters. The Hall–Kier alpha value is -2.87. The molecule has 8 heteroatoms. The molecule has 0 aliphatic rings. The van der Waals surface area contributed by atoms with E-state index in [1.165, 1.54) is 17.7 Å². The van der Waals surface area contributed by atoms with Gasteiger partial charge in [-0.05, 0) is 31.2 Å². The van der Waals surface area contributed by atoms with E-state index in [1.807, 2.05) is 25.1 Å². The average molecular weight is 344 g/mol. The zero-order valence-electron chi connectivity index (χ0n) is 13.4. The predicted molar refractivity (Wildman–Crippen MR) is 93.9 cm³/mol. The van der Waals surface area contributed by atoms with E-state index in [0.717, 1.165) is 10.6 Å². The van der Waals surface area contributed by atoms with Crippen LogP contribution in [0.5, 0.6) is 0 Å². The number of carbonyl (C=O) groups excluding carboxylic acids is 1. The summed E-state index contributed by atoms with van der Waals surface area (Å²) in [6.07, 6.45) is 1.30. The van der Waals surface area contributed by atoms with Crippen LogP contribution in [0.15, 0.2) is 39.8 Å². The lowest BCUT2D eigenvalue weighted by Crippen LogP contribution is -2.24. The lowest BCUT2D eigenvalue weighted by molar-refractivity contribution is 0.103. The Morgan fingerprint density at radius 1 is 1.29 bits per heavy atom. The number of H-pyrrole nitrogens is 1. The third-order valence-corrected chi connectivity index (χ3v) is 4.41. The summed E-state index contributed by atoms with van der Waals surface area (Å²) in [5, 5.41) is 2.64. The number of aromatic amines is 1. The molecule has 124 valence electrons. The molecule has 0 fully saturated rings. The van der Waals surface area contributed by atoms with Crippen LogP contribution in [0.25, 0.3) is 10.6 Å². The zero-order chi connectivity index (χ0) is 17.3. The van der Waals surface area contributed by atoms with Gasteiger partial charge >= 0.3 is 0 Å². The summed E-state index contributed by atoms with van der Waals surface area (Å²) < 4.78 is 5.56. The number of aromatic nitrogens is 2. The summed E-state index contributed by atoms with van der Waals surface area (Å²) >= 11 is 1.29. The summed E-state index contributed by atoms with van der Waals surface area (Å²) in [6.45, 7) is 1.86. The zero-order valence-corrected chi connectivity index (χ0v) is 14.2. The van der Waals surface area contributed by atoms with E-state index < -0.39 is 5.56 Å². The smallest absolute Gasteiger partial charge is 0.276 e. The molecule has 3 heterocycles. The maximum absolute atomic E-state index is 12.5. The van der Waals surface area contributed by atoms with E-state index in [-0.39, 0.29) is 11.6 Å². The fraction of sp³-hybridized carbons (Fsp3) is 0.188. The van der Waals surface area contributed by atoms with Gasteiger partial charge in [0.1, 0.15) is 11.5 Å². The number of anilines is 2. The number of hydrogen-bond donors (Lipinski definition) is 2. The Bertz CT molecular complexity index is 939. The second-order valence-corrected chi connectivity index (χ2v) is 6.44.